The van der Waals surface area contributed by atoms with E-state index < -0.39 is 0 Å². The van der Waals surface area contributed by atoms with E-state index in [2.05, 4.69) is 10.2 Å². The van der Waals surface area contributed by atoms with Crippen LogP contribution in [0.4, 0.5) is 4.39 Å². The monoisotopic (exact) mass is 181 g/mol. The van der Waals surface area contributed by atoms with Gasteiger partial charge in [0.1, 0.15) is 5.82 Å². The zero-order valence-electron chi connectivity index (χ0n) is 6.07. The van der Waals surface area contributed by atoms with Gasteiger partial charge in [-0.1, -0.05) is 7.43 Å². The Morgan fingerprint density at radius 3 is 2.38 bits per heavy atom. The van der Waals surface area contributed by atoms with Crippen molar-refractivity contribution in [3.05, 3.63) is 36.5 Å². The summed E-state index contributed by atoms with van der Waals surface area (Å²) in [5.74, 6) is 0.119. The van der Waals surface area contributed by atoms with Gasteiger partial charge in [0.25, 0.3) is 0 Å². The Morgan fingerprint density at radius 1 is 1.15 bits per heavy atom. The van der Waals surface area contributed by atoms with E-state index in [9.17, 15) is 4.39 Å². The Bertz CT molecular complexity index is 356. The van der Waals surface area contributed by atoms with Gasteiger partial charge in [-0.2, -0.15) is 0 Å². The first kappa shape index (κ1) is 9.38. The number of halogens is 1. The molecule has 0 atom stereocenters. The maximum Gasteiger partial charge on any atom is 0.247 e. The Balaban J connectivity index is 0.000000845. The van der Waals surface area contributed by atoms with Gasteiger partial charge in [0.05, 0.1) is 0 Å². The summed E-state index contributed by atoms with van der Waals surface area (Å²) in [5.41, 5.74) is 0.717. The highest BCUT2D eigenvalue weighted by atomic mass is 19.1. The third kappa shape index (κ3) is 1.90. The molecule has 1 aromatic carbocycles. The SMILES string of the molecule is Fc1ccc(-c2nnco2)cc1.[13CH4]. The molecule has 0 amide bonds. The topological polar surface area (TPSA) is 38.9 Å². The van der Waals surface area contributed by atoms with Crippen molar-refractivity contribution in [3.63, 3.8) is 0 Å². The summed E-state index contributed by atoms with van der Waals surface area (Å²) in [4.78, 5) is 0. The fourth-order valence-corrected chi connectivity index (χ4v) is 0.891. The lowest BCUT2D eigenvalue weighted by Gasteiger charge is -1.91. The van der Waals surface area contributed by atoms with Crippen molar-refractivity contribution in [2.75, 3.05) is 0 Å². The molecule has 0 aliphatic carbocycles. The number of rotatable bonds is 1. The van der Waals surface area contributed by atoms with E-state index in [0.717, 1.165) is 0 Å². The Hall–Kier alpha value is -1.71. The minimum atomic E-state index is -0.279. The molecule has 0 unspecified atom stereocenters. The molecular formula is C9H9FN2O. The van der Waals surface area contributed by atoms with Gasteiger partial charge < -0.3 is 4.42 Å². The van der Waals surface area contributed by atoms with Crippen molar-refractivity contribution in [3.8, 4) is 11.5 Å². The van der Waals surface area contributed by atoms with Gasteiger partial charge in [-0.3, -0.25) is 0 Å². The van der Waals surface area contributed by atoms with Crippen LogP contribution >= 0.6 is 0 Å². The number of hydrogen-bond donors (Lipinski definition) is 0. The summed E-state index contributed by atoms with van der Waals surface area (Å²) in [6.07, 6.45) is 1.23. The van der Waals surface area contributed by atoms with Gasteiger partial charge in [0.15, 0.2) is 0 Å². The van der Waals surface area contributed by atoms with Gasteiger partial charge in [-0.25, -0.2) is 4.39 Å². The van der Waals surface area contributed by atoms with E-state index in [-0.39, 0.29) is 13.2 Å². The van der Waals surface area contributed by atoms with Crippen LogP contribution in [-0.2, 0) is 0 Å². The third-order valence-electron chi connectivity index (χ3n) is 1.45. The molecule has 2 aromatic rings. The van der Waals surface area contributed by atoms with Crippen molar-refractivity contribution >= 4 is 0 Å². The molecule has 2 rings (SSSR count). The fraction of sp³-hybridized carbons (Fsp3) is 0.111. The zero-order valence-corrected chi connectivity index (χ0v) is 6.07. The molecular weight excluding hydrogens is 172 g/mol. The van der Waals surface area contributed by atoms with Crippen LogP contribution < -0.4 is 0 Å². The van der Waals surface area contributed by atoms with Gasteiger partial charge >= 0.3 is 0 Å². The normalized spacial score (nSPS) is 9.31. The largest absolute Gasteiger partial charge is 0.423 e. The van der Waals surface area contributed by atoms with Gasteiger partial charge in [-0.15, -0.1) is 10.2 Å². The van der Waals surface area contributed by atoms with E-state index in [1.54, 1.807) is 12.1 Å². The first-order chi connectivity index (χ1) is 5.86. The predicted octanol–water partition coefficient (Wildman–Crippen LogP) is 2.51. The van der Waals surface area contributed by atoms with Crippen molar-refractivity contribution in [2.45, 2.75) is 7.43 Å². The second kappa shape index (κ2) is 3.80. The molecule has 0 N–H and O–H groups in total. The standard InChI is InChI=1S/C8H5FN2O.CH4/c9-7-3-1-6(2-4-7)8-11-10-5-12-8;/h1-5H;1H4/i;1+1. The molecule has 0 saturated carbocycles. The fourth-order valence-electron chi connectivity index (χ4n) is 0.891. The second-order valence-corrected chi connectivity index (χ2v) is 2.25. The first-order valence-corrected chi connectivity index (χ1v) is 3.38. The predicted molar refractivity (Wildman–Crippen MR) is 46.4 cm³/mol. The van der Waals surface area contributed by atoms with Crippen molar-refractivity contribution in [1.82, 2.24) is 10.2 Å². The minimum Gasteiger partial charge on any atom is -0.423 e. The molecule has 3 nitrogen and oxygen atoms in total. The number of benzene rings is 1. The van der Waals surface area contributed by atoms with Gasteiger partial charge in [0.2, 0.25) is 12.3 Å². The quantitative estimate of drug-likeness (QED) is 0.634. The molecule has 0 spiro atoms. The molecule has 1 heterocycles. The summed E-state index contributed by atoms with van der Waals surface area (Å²) >= 11 is 0. The van der Waals surface area contributed by atoms with Crippen LogP contribution in [0.1, 0.15) is 7.43 Å². The van der Waals surface area contributed by atoms with Crippen LogP contribution in [0.3, 0.4) is 0 Å². The summed E-state index contributed by atoms with van der Waals surface area (Å²) in [5, 5.41) is 7.19. The maximum absolute atomic E-state index is 12.5. The van der Waals surface area contributed by atoms with Crippen molar-refractivity contribution in [1.29, 1.82) is 0 Å². The van der Waals surface area contributed by atoms with E-state index in [1.807, 2.05) is 0 Å². The average Bonchev–Trinajstić information content (AvgIpc) is 2.58. The highest BCUT2D eigenvalue weighted by Crippen LogP contribution is 2.15. The molecule has 0 saturated heterocycles. The Labute approximate surface area is 75.2 Å². The first-order valence-electron chi connectivity index (χ1n) is 3.38. The minimum absolute atomic E-state index is 0. The maximum atomic E-state index is 12.5. The van der Waals surface area contributed by atoms with Gasteiger partial charge in [0, 0.05) is 5.56 Å². The molecule has 68 valence electrons. The highest BCUT2D eigenvalue weighted by molar-refractivity contribution is 5.51. The Morgan fingerprint density at radius 2 is 1.85 bits per heavy atom. The zero-order chi connectivity index (χ0) is 8.39. The average molecular weight is 181 g/mol. The third-order valence-corrected chi connectivity index (χ3v) is 1.45. The van der Waals surface area contributed by atoms with E-state index >= 15 is 0 Å². The van der Waals surface area contributed by atoms with Crippen LogP contribution in [0, 0.1) is 5.82 Å². The number of hydrogen-bond acceptors (Lipinski definition) is 3. The molecule has 4 heteroatoms. The van der Waals surface area contributed by atoms with E-state index in [4.69, 9.17) is 4.42 Å². The van der Waals surface area contributed by atoms with Crippen LogP contribution in [0.15, 0.2) is 35.1 Å². The molecule has 0 aliphatic heterocycles. The molecule has 0 bridgehead atoms. The van der Waals surface area contributed by atoms with Crippen LogP contribution in [0.25, 0.3) is 11.5 Å². The van der Waals surface area contributed by atoms with Crippen LogP contribution in [0.5, 0.6) is 0 Å². The Kier molecular flexibility index (Phi) is 2.74. The summed E-state index contributed by atoms with van der Waals surface area (Å²) in [6.45, 7) is 0. The van der Waals surface area contributed by atoms with Crippen molar-refractivity contribution < 1.29 is 8.81 Å². The number of nitrogens with zero attached hydrogens (tertiary/aromatic N) is 2. The van der Waals surface area contributed by atoms with Gasteiger partial charge in [-0.05, 0) is 24.3 Å². The number of aromatic nitrogens is 2. The van der Waals surface area contributed by atoms with Crippen LogP contribution in [0.2, 0.25) is 0 Å². The summed E-state index contributed by atoms with van der Waals surface area (Å²) in [7, 11) is 0. The molecule has 0 radical (unpaired) electrons. The molecule has 0 aliphatic rings. The lowest BCUT2D eigenvalue weighted by molar-refractivity contribution is 0.568. The summed E-state index contributed by atoms with van der Waals surface area (Å²) in [6, 6.07) is 5.87. The highest BCUT2D eigenvalue weighted by Gasteiger charge is 2.01. The molecule has 0 fully saturated rings. The molecule has 13 heavy (non-hydrogen) atoms. The summed E-state index contributed by atoms with van der Waals surface area (Å²) < 4.78 is 17.4. The van der Waals surface area contributed by atoms with E-state index in [1.165, 1.54) is 18.5 Å². The van der Waals surface area contributed by atoms with E-state index in [0.29, 0.717) is 11.5 Å². The van der Waals surface area contributed by atoms with Crippen LogP contribution in [-0.4, -0.2) is 10.2 Å². The lowest BCUT2D eigenvalue weighted by Crippen LogP contribution is -1.78. The van der Waals surface area contributed by atoms with Crippen molar-refractivity contribution in [2.24, 2.45) is 0 Å². The molecule has 1 aromatic heterocycles. The smallest absolute Gasteiger partial charge is 0.247 e. The lowest BCUT2D eigenvalue weighted by atomic mass is 10.2. The second-order valence-electron chi connectivity index (χ2n) is 2.25.